The first-order valence-corrected chi connectivity index (χ1v) is 7.78. The van der Waals surface area contributed by atoms with Crippen molar-refractivity contribution in [3.63, 3.8) is 0 Å². The highest BCUT2D eigenvalue weighted by Gasteiger charge is 2.14. The van der Waals surface area contributed by atoms with Crippen LogP contribution in [0.15, 0.2) is 41.2 Å². The molecule has 2 aromatic carbocycles. The fourth-order valence-electron chi connectivity index (χ4n) is 2.78. The molecular weight excluding hydrogens is 322 g/mol. The van der Waals surface area contributed by atoms with E-state index in [1.807, 2.05) is 12.1 Å². The Kier molecular flexibility index (Phi) is 4.47. The summed E-state index contributed by atoms with van der Waals surface area (Å²) in [4.78, 5) is 27.3. The number of methoxy groups -OCH3 is 2. The summed E-state index contributed by atoms with van der Waals surface area (Å²) in [6.45, 7) is 0. The number of nitrogens with one attached hydrogen (secondary N) is 1. The van der Waals surface area contributed by atoms with Crippen LogP contribution in [-0.4, -0.2) is 29.7 Å². The predicted octanol–water partition coefficient (Wildman–Crippen LogP) is 2.20. The summed E-state index contributed by atoms with van der Waals surface area (Å²) < 4.78 is 11.6. The highest BCUT2D eigenvalue weighted by atomic mass is 16.5. The maximum atomic E-state index is 12.5. The number of imidazole rings is 1. The molecule has 1 aromatic heterocycles. The van der Waals surface area contributed by atoms with Crippen LogP contribution in [0.4, 0.5) is 5.69 Å². The van der Waals surface area contributed by atoms with Crippen LogP contribution in [0.25, 0.3) is 11.0 Å². The zero-order valence-corrected chi connectivity index (χ0v) is 14.0. The molecule has 0 saturated heterocycles. The Morgan fingerprint density at radius 2 is 1.88 bits per heavy atom. The first-order chi connectivity index (χ1) is 12.0. The number of anilines is 1. The van der Waals surface area contributed by atoms with Crippen molar-refractivity contribution in [1.29, 1.82) is 0 Å². The Morgan fingerprint density at radius 3 is 2.60 bits per heavy atom. The number of rotatable bonds is 5. The summed E-state index contributed by atoms with van der Waals surface area (Å²) in [7, 11) is 3.13. The lowest BCUT2D eigenvalue weighted by molar-refractivity contribution is 0.0904. The van der Waals surface area contributed by atoms with Crippen molar-refractivity contribution in [3.05, 3.63) is 52.4 Å². The second-order valence-electron chi connectivity index (χ2n) is 5.63. The van der Waals surface area contributed by atoms with E-state index in [2.05, 4.69) is 4.98 Å². The van der Waals surface area contributed by atoms with E-state index in [-0.39, 0.29) is 12.3 Å². The number of hydrogen-bond acceptors (Lipinski definition) is 5. The van der Waals surface area contributed by atoms with Crippen molar-refractivity contribution >= 4 is 22.6 Å². The molecule has 0 saturated carbocycles. The highest BCUT2D eigenvalue weighted by molar-refractivity contribution is 5.91. The van der Waals surface area contributed by atoms with Gasteiger partial charge >= 0.3 is 5.69 Å². The highest BCUT2D eigenvalue weighted by Crippen LogP contribution is 2.28. The molecule has 7 heteroatoms. The van der Waals surface area contributed by atoms with Crippen LogP contribution in [0, 0.1) is 0 Å². The number of carbonyl (C=O) groups excluding carboxylic acids is 1. The summed E-state index contributed by atoms with van der Waals surface area (Å²) in [6, 6.07) is 10.4. The van der Waals surface area contributed by atoms with Crippen molar-refractivity contribution < 1.29 is 14.3 Å². The SMILES string of the molecule is COc1ccc(CCC(=O)n2c(=O)[nH]c3cc(N)ccc32)cc1OC. The topological polar surface area (TPSA) is 99.3 Å². The molecule has 0 unspecified atom stereocenters. The minimum Gasteiger partial charge on any atom is -0.493 e. The molecule has 3 N–H and O–H groups in total. The minimum atomic E-state index is -0.460. The van der Waals surface area contributed by atoms with Crippen LogP contribution in [0.3, 0.4) is 0 Å². The van der Waals surface area contributed by atoms with Gasteiger partial charge in [0.25, 0.3) is 0 Å². The van der Waals surface area contributed by atoms with Gasteiger partial charge in [0.15, 0.2) is 11.5 Å². The third-order valence-corrected chi connectivity index (χ3v) is 4.03. The Morgan fingerprint density at radius 1 is 1.12 bits per heavy atom. The molecule has 0 fully saturated rings. The third-order valence-electron chi connectivity index (χ3n) is 4.03. The molecule has 0 radical (unpaired) electrons. The Bertz CT molecular complexity index is 988. The summed E-state index contributed by atoms with van der Waals surface area (Å²) in [5, 5.41) is 0. The quantitative estimate of drug-likeness (QED) is 0.693. The third kappa shape index (κ3) is 3.21. The molecule has 0 aliphatic heterocycles. The number of aryl methyl sites for hydroxylation is 1. The second-order valence-corrected chi connectivity index (χ2v) is 5.63. The number of nitrogen functional groups attached to an aromatic ring is 1. The van der Waals surface area contributed by atoms with E-state index in [4.69, 9.17) is 15.2 Å². The van der Waals surface area contributed by atoms with Crippen LogP contribution < -0.4 is 20.9 Å². The van der Waals surface area contributed by atoms with Gasteiger partial charge in [-0.25, -0.2) is 9.36 Å². The van der Waals surface area contributed by atoms with E-state index in [9.17, 15) is 9.59 Å². The fourth-order valence-corrected chi connectivity index (χ4v) is 2.78. The van der Waals surface area contributed by atoms with E-state index in [1.54, 1.807) is 38.5 Å². The van der Waals surface area contributed by atoms with Crippen molar-refractivity contribution in [3.8, 4) is 11.5 Å². The minimum absolute atomic E-state index is 0.187. The summed E-state index contributed by atoms with van der Waals surface area (Å²) in [5.74, 6) is 0.950. The molecular formula is C18H19N3O4. The lowest BCUT2D eigenvalue weighted by Crippen LogP contribution is -2.24. The number of ether oxygens (including phenoxy) is 2. The van der Waals surface area contributed by atoms with Crippen LogP contribution in [0.2, 0.25) is 0 Å². The van der Waals surface area contributed by atoms with Gasteiger partial charge < -0.3 is 20.2 Å². The molecule has 0 bridgehead atoms. The van der Waals surface area contributed by atoms with Gasteiger partial charge in [0.1, 0.15) is 0 Å². The average molecular weight is 341 g/mol. The van der Waals surface area contributed by atoms with Crippen molar-refractivity contribution in [2.45, 2.75) is 12.8 Å². The average Bonchev–Trinajstić information content (AvgIpc) is 2.94. The molecule has 25 heavy (non-hydrogen) atoms. The van der Waals surface area contributed by atoms with Gasteiger partial charge in [0.2, 0.25) is 5.91 Å². The van der Waals surface area contributed by atoms with Crippen LogP contribution in [0.5, 0.6) is 11.5 Å². The first-order valence-electron chi connectivity index (χ1n) is 7.78. The molecule has 1 heterocycles. The molecule has 130 valence electrons. The van der Waals surface area contributed by atoms with Crippen molar-refractivity contribution in [2.75, 3.05) is 20.0 Å². The number of benzene rings is 2. The Hall–Kier alpha value is -3.22. The predicted molar refractivity (Wildman–Crippen MR) is 95.5 cm³/mol. The summed E-state index contributed by atoms with van der Waals surface area (Å²) in [6.07, 6.45) is 0.667. The van der Waals surface area contributed by atoms with Gasteiger partial charge in [-0.1, -0.05) is 6.07 Å². The summed E-state index contributed by atoms with van der Waals surface area (Å²) in [5.41, 5.74) is 7.76. The molecule has 0 amide bonds. The lowest BCUT2D eigenvalue weighted by atomic mass is 10.1. The van der Waals surface area contributed by atoms with Gasteiger partial charge in [-0.3, -0.25) is 4.79 Å². The number of aromatic amines is 1. The number of aromatic nitrogens is 2. The molecule has 0 aliphatic rings. The van der Waals surface area contributed by atoms with Crippen LogP contribution in [-0.2, 0) is 6.42 Å². The zero-order chi connectivity index (χ0) is 18.0. The maximum Gasteiger partial charge on any atom is 0.333 e. The molecule has 7 nitrogen and oxygen atoms in total. The van der Waals surface area contributed by atoms with E-state index < -0.39 is 5.69 Å². The Balaban J connectivity index is 1.82. The van der Waals surface area contributed by atoms with Gasteiger partial charge in [-0.15, -0.1) is 0 Å². The fraction of sp³-hybridized carbons (Fsp3) is 0.222. The van der Waals surface area contributed by atoms with E-state index in [0.29, 0.717) is 34.6 Å². The zero-order valence-electron chi connectivity index (χ0n) is 14.0. The summed E-state index contributed by atoms with van der Waals surface area (Å²) >= 11 is 0. The standard InChI is InChI=1S/C18H19N3O4/c1-24-15-7-3-11(9-16(15)25-2)4-8-17(22)21-14-6-5-12(19)10-13(14)20-18(21)23/h3,5-7,9-10H,4,8,19H2,1-2H3,(H,20,23). The van der Waals surface area contributed by atoms with Crippen molar-refractivity contribution in [1.82, 2.24) is 9.55 Å². The molecule has 3 aromatic rings. The Labute approximate surface area is 144 Å². The van der Waals surface area contributed by atoms with E-state index >= 15 is 0 Å². The van der Waals surface area contributed by atoms with E-state index in [1.165, 1.54) is 0 Å². The number of H-pyrrole nitrogens is 1. The lowest BCUT2D eigenvalue weighted by Gasteiger charge is -2.09. The second kappa shape index (κ2) is 6.72. The number of nitrogens with two attached hydrogens (primary N) is 1. The maximum absolute atomic E-state index is 12.5. The van der Waals surface area contributed by atoms with Gasteiger partial charge in [-0.05, 0) is 42.3 Å². The normalized spacial score (nSPS) is 10.8. The molecule has 0 atom stereocenters. The number of nitrogens with zero attached hydrogens (tertiary/aromatic N) is 1. The van der Waals surface area contributed by atoms with Crippen LogP contribution in [0.1, 0.15) is 16.8 Å². The number of carbonyl (C=O) groups is 1. The van der Waals surface area contributed by atoms with Crippen molar-refractivity contribution in [2.24, 2.45) is 0 Å². The number of hydrogen-bond donors (Lipinski definition) is 2. The number of fused-ring (bicyclic) bond motifs is 1. The smallest absolute Gasteiger partial charge is 0.333 e. The van der Waals surface area contributed by atoms with Gasteiger partial charge in [-0.2, -0.15) is 0 Å². The monoisotopic (exact) mass is 341 g/mol. The first kappa shape index (κ1) is 16.6. The van der Waals surface area contributed by atoms with Gasteiger partial charge in [0.05, 0.1) is 25.3 Å². The molecule has 3 rings (SSSR count). The van der Waals surface area contributed by atoms with Crippen LogP contribution >= 0.6 is 0 Å². The van der Waals surface area contributed by atoms with E-state index in [0.717, 1.165) is 10.1 Å². The molecule has 0 aliphatic carbocycles. The molecule has 0 spiro atoms. The largest absolute Gasteiger partial charge is 0.493 e. The van der Waals surface area contributed by atoms with Gasteiger partial charge in [0, 0.05) is 12.1 Å².